The number of para-hydroxylation sites is 1. The van der Waals surface area contributed by atoms with Crippen LogP contribution in [-0.4, -0.2) is 43.6 Å². The molecule has 1 rings (SSSR count). The van der Waals surface area contributed by atoms with Crippen LogP contribution in [0.1, 0.15) is 13.8 Å². The lowest BCUT2D eigenvalue weighted by atomic mass is 10.3. The average molecular weight is 288 g/mol. The summed E-state index contributed by atoms with van der Waals surface area (Å²) >= 11 is 5.94. The normalized spacial score (nSPS) is 12.7. The van der Waals surface area contributed by atoms with E-state index in [1.807, 2.05) is 26.0 Å². The van der Waals surface area contributed by atoms with E-state index >= 15 is 0 Å². The van der Waals surface area contributed by atoms with Crippen molar-refractivity contribution in [1.82, 2.24) is 5.32 Å². The molecule has 108 valence electrons. The highest BCUT2D eigenvalue weighted by molar-refractivity contribution is 6.32. The van der Waals surface area contributed by atoms with E-state index < -0.39 is 6.10 Å². The first kappa shape index (κ1) is 16.2. The minimum absolute atomic E-state index is 0.210. The summed E-state index contributed by atoms with van der Waals surface area (Å²) in [4.78, 5) is 0. The number of hydrogen-bond donors (Lipinski definition) is 2. The summed E-state index contributed by atoms with van der Waals surface area (Å²) in [5, 5.41) is 13.4. The van der Waals surface area contributed by atoms with Gasteiger partial charge in [-0.15, -0.1) is 0 Å². The molecule has 0 aliphatic rings. The minimum atomic E-state index is -0.574. The average Bonchev–Trinajstić information content (AvgIpc) is 2.37. The molecule has 0 spiro atoms. The maximum Gasteiger partial charge on any atom is 0.138 e. The molecule has 5 heteroatoms. The summed E-state index contributed by atoms with van der Waals surface area (Å²) in [6, 6.07) is 7.21. The summed E-state index contributed by atoms with van der Waals surface area (Å²) in [6.45, 7) is 6.00. The molecule has 2 N–H and O–H groups in total. The van der Waals surface area contributed by atoms with Crippen molar-refractivity contribution in [1.29, 1.82) is 0 Å². The molecule has 19 heavy (non-hydrogen) atoms. The Morgan fingerprint density at radius 3 is 2.74 bits per heavy atom. The van der Waals surface area contributed by atoms with Gasteiger partial charge >= 0.3 is 0 Å². The van der Waals surface area contributed by atoms with Gasteiger partial charge in [0.2, 0.25) is 0 Å². The molecule has 0 saturated carbocycles. The fraction of sp³-hybridized carbons (Fsp3) is 0.571. The molecule has 0 heterocycles. The van der Waals surface area contributed by atoms with Gasteiger partial charge in [0.1, 0.15) is 18.5 Å². The highest BCUT2D eigenvalue weighted by atomic mass is 35.5. The van der Waals surface area contributed by atoms with Gasteiger partial charge in [-0.2, -0.15) is 0 Å². The van der Waals surface area contributed by atoms with E-state index in [4.69, 9.17) is 21.1 Å². The van der Waals surface area contributed by atoms with E-state index in [2.05, 4.69) is 5.32 Å². The molecular formula is C14H22ClNO3. The zero-order valence-corrected chi connectivity index (χ0v) is 12.2. The van der Waals surface area contributed by atoms with Crippen LogP contribution in [0.4, 0.5) is 0 Å². The third-order valence-electron chi connectivity index (χ3n) is 2.38. The molecule has 0 amide bonds. The molecule has 1 unspecified atom stereocenters. The van der Waals surface area contributed by atoms with Crippen LogP contribution >= 0.6 is 11.6 Å². The Morgan fingerprint density at radius 2 is 2.05 bits per heavy atom. The fourth-order valence-corrected chi connectivity index (χ4v) is 1.63. The van der Waals surface area contributed by atoms with Gasteiger partial charge in [-0.3, -0.25) is 0 Å². The van der Waals surface area contributed by atoms with Crippen molar-refractivity contribution >= 4 is 11.6 Å². The van der Waals surface area contributed by atoms with Gasteiger partial charge < -0.3 is 19.9 Å². The fourth-order valence-electron chi connectivity index (χ4n) is 1.44. The molecule has 0 aromatic heterocycles. The molecule has 1 aromatic rings. The topological polar surface area (TPSA) is 50.7 Å². The second kappa shape index (κ2) is 9.15. The third-order valence-corrected chi connectivity index (χ3v) is 2.69. The Morgan fingerprint density at radius 1 is 1.32 bits per heavy atom. The first-order valence-electron chi connectivity index (χ1n) is 6.47. The number of nitrogens with one attached hydrogen (secondary N) is 1. The van der Waals surface area contributed by atoms with Crippen LogP contribution < -0.4 is 10.1 Å². The highest BCUT2D eigenvalue weighted by Crippen LogP contribution is 2.22. The first-order valence-corrected chi connectivity index (χ1v) is 6.85. The van der Waals surface area contributed by atoms with Crippen LogP contribution in [0.2, 0.25) is 5.02 Å². The third kappa shape index (κ3) is 7.38. The second-order valence-electron chi connectivity index (χ2n) is 4.52. The van der Waals surface area contributed by atoms with Crippen molar-refractivity contribution in [2.45, 2.75) is 26.1 Å². The van der Waals surface area contributed by atoms with Crippen LogP contribution in [0, 0.1) is 0 Å². The molecule has 0 bridgehead atoms. The summed E-state index contributed by atoms with van der Waals surface area (Å²) < 4.78 is 10.8. The molecule has 0 saturated heterocycles. The smallest absolute Gasteiger partial charge is 0.138 e. The monoisotopic (exact) mass is 287 g/mol. The van der Waals surface area contributed by atoms with Crippen LogP contribution in [0.3, 0.4) is 0 Å². The van der Waals surface area contributed by atoms with E-state index in [0.29, 0.717) is 30.5 Å². The van der Waals surface area contributed by atoms with E-state index in [1.54, 1.807) is 12.1 Å². The van der Waals surface area contributed by atoms with Gasteiger partial charge in [-0.1, -0.05) is 23.7 Å². The predicted molar refractivity (Wildman–Crippen MR) is 76.9 cm³/mol. The molecule has 4 nitrogen and oxygen atoms in total. The number of benzene rings is 1. The molecular weight excluding hydrogens is 266 g/mol. The molecule has 0 radical (unpaired) electrons. The van der Waals surface area contributed by atoms with Gasteiger partial charge in [-0.25, -0.2) is 0 Å². The van der Waals surface area contributed by atoms with Crippen molar-refractivity contribution in [2.24, 2.45) is 0 Å². The van der Waals surface area contributed by atoms with Crippen molar-refractivity contribution < 1.29 is 14.6 Å². The number of halogens is 1. The van der Waals surface area contributed by atoms with Gasteiger partial charge in [0.15, 0.2) is 0 Å². The van der Waals surface area contributed by atoms with E-state index in [-0.39, 0.29) is 12.7 Å². The lowest BCUT2D eigenvalue weighted by Gasteiger charge is -2.14. The van der Waals surface area contributed by atoms with E-state index in [0.717, 1.165) is 0 Å². The van der Waals surface area contributed by atoms with E-state index in [9.17, 15) is 5.11 Å². The Balaban J connectivity index is 2.11. The number of ether oxygens (including phenoxy) is 2. The Labute approximate surface area is 119 Å². The van der Waals surface area contributed by atoms with Crippen molar-refractivity contribution in [3.8, 4) is 5.75 Å². The lowest BCUT2D eigenvalue weighted by Crippen LogP contribution is -2.33. The molecule has 0 aliphatic heterocycles. The number of aliphatic hydroxyl groups excluding tert-OH is 1. The standard InChI is InChI=1S/C14H22ClNO3/c1-11(2)18-8-7-16-9-12(17)10-19-14-6-4-3-5-13(14)15/h3-6,11-12,16-17H,7-10H2,1-2H3. The Bertz CT molecular complexity index is 360. The molecule has 1 atom stereocenters. The Kier molecular flexibility index (Phi) is 7.82. The summed E-state index contributed by atoms with van der Waals surface area (Å²) in [5.41, 5.74) is 0. The van der Waals surface area contributed by atoms with Gasteiger partial charge in [-0.05, 0) is 26.0 Å². The summed E-state index contributed by atoms with van der Waals surface area (Å²) in [6.07, 6.45) is -0.342. The maximum atomic E-state index is 9.74. The number of rotatable bonds is 9. The van der Waals surface area contributed by atoms with Crippen LogP contribution in [-0.2, 0) is 4.74 Å². The van der Waals surface area contributed by atoms with Crippen molar-refractivity contribution in [2.75, 3.05) is 26.3 Å². The molecule has 0 fully saturated rings. The van der Waals surface area contributed by atoms with Gasteiger partial charge in [0.05, 0.1) is 17.7 Å². The number of aliphatic hydroxyl groups is 1. The van der Waals surface area contributed by atoms with Crippen LogP contribution in [0.15, 0.2) is 24.3 Å². The largest absolute Gasteiger partial charge is 0.489 e. The predicted octanol–water partition coefficient (Wildman–Crippen LogP) is 2.09. The van der Waals surface area contributed by atoms with Gasteiger partial charge in [0.25, 0.3) is 0 Å². The Hall–Kier alpha value is -0.810. The number of hydrogen-bond acceptors (Lipinski definition) is 4. The lowest BCUT2D eigenvalue weighted by molar-refractivity contribution is 0.0735. The van der Waals surface area contributed by atoms with Crippen molar-refractivity contribution in [3.63, 3.8) is 0 Å². The summed E-state index contributed by atoms with van der Waals surface area (Å²) in [5.74, 6) is 0.589. The van der Waals surface area contributed by atoms with E-state index in [1.165, 1.54) is 0 Å². The molecule has 1 aromatic carbocycles. The first-order chi connectivity index (χ1) is 9.09. The quantitative estimate of drug-likeness (QED) is 0.683. The van der Waals surface area contributed by atoms with Gasteiger partial charge in [0, 0.05) is 13.1 Å². The van der Waals surface area contributed by atoms with Crippen molar-refractivity contribution in [3.05, 3.63) is 29.3 Å². The zero-order valence-electron chi connectivity index (χ0n) is 11.4. The van der Waals surface area contributed by atoms with Crippen LogP contribution in [0.5, 0.6) is 5.75 Å². The SMILES string of the molecule is CC(C)OCCNCC(O)COc1ccccc1Cl. The summed E-state index contributed by atoms with van der Waals surface area (Å²) in [7, 11) is 0. The maximum absolute atomic E-state index is 9.74. The zero-order chi connectivity index (χ0) is 14.1. The van der Waals surface area contributed by atoms with Crippen LogP contribution in [0.25, 0.3) is 0 Å². The highest BCUT2D eigenvalue weighted by Gasteiger charge is 2.06. The second-order valence-corrected chi connectivity index (χ2v) is 4.93. The molecule has 0 aliphatic carbocycles. The minimum Gasteiger partial charge on any atom is -0.489 e.